The lowest BCUT2D eigenvalue weighted by atomic mass is 10.2. The summed E-state index contributed by atoms with van der Waals surface area (Å²) in [5.74, 6) is 0. The lowest BCUT2D eigenvalue weighted by molar-refractivity contribution is 0.148. The van der Waals surface area contributed by atoms with Crippen LogP contribution in [-0.4, -0.2) is 6.61 Å². The van der Waals surface area contributed by atoms with Crippen LogP contribution in [0, 0.1) is 0 Å². The van der Waals surface area contributed by atoms with Crippen molar-refractivity contribution in [1.82, 2.24) is 0 Å². The summed E-state index contributed by atoms with van der Waals surface area (Å²) < 4.78 is 10.4. The number of hydrogen-bond donors (Lipinski definition) is 0. The molecule has 2 heteroatoms. The Hall–Kier alpha value is -2.02. The molecular formula is C15H14O2. The van der Waals surface area contributed by atoms with Crippen molar-refractivity contribution in [3.63, 3.8) is 0 Å². The van der Waals surface area contributed by atoms with Gasteiger partial charge in [0.1, 0.15) is 0 Å². The van der Waals surface area contributed by atoms with Gasteiger partial charge in [0.2, 0.25) is 0 Å². The molecule has 0 bridgehead atoms. The molecule has 2 rings (SSSR count). The van der Waals surface area contributed by atoms with Crippen LogP contribution in [0.2, 0.25) is 0 Å². The molecule has 0 saturated carbocycles. The van der Waals surface area contributed by atoms with E-state index in [-0.39, 0.29) is 0 Å². The van der Waals surface area contributed by atoms with Crippen LogP contribution in [0.1, 0.15) is 11.1 Å². The highest BCUT2D eigenvalue weighted by Crippen LogP contribution is 2.02. The van der Waals surface area contributed by atoms with Crippen molar-refractivity contribution in [2.75, 3.05) is 6.61 Å². The summed E-state index contributed by atoms with van der Waals surface area (Å²) in [6.07, 6.45) is 7.13. The molecule has 0 aliphatic carbocycles. The third kappa shape index (κ3) is 4.15. The van der Waals surface area contributed by atoms with Gasteiger partial charge in [0.05, 0.1) is 25.7 Å². The van der Waals surface area contributed by atoms with Gasteiger partial charge in [0.25, 0.3) is 0 Å². The van der Waals surface area contributed by atoms with Crippen molar-refractivity contribution < 1.29 is 9.15 Å². The SMILES string of the molecule is C(=CCOCc1ccoc1)=Cc1ccccc1. The summed E-state index contributed by atoms with van der Waals surface area (Å²) in [5.41, 5.74) is 5.27. The molecule has 86 valence electrons. The summed E-state index contributed by atoms with van der Waals surface area (Å²) in [6.45, 7) is 1.12. The summed E-state index contributed by atoms with van der Waals surface area (Å²) in [5, 5.41) is 0. The van der Waals surface area contributed by atoms with Crippen LogP contribution in [0.25, 0.3) is 6.08 Å². The zero-order chi connectivity index (χ0) is 11.8. The van der Waals surface area contributed by atoms with E-state index in [1.165, 1.54) is 0 Å². The van der Waals surface area contributed by atoms with Gasteiger partial charge in [0, 0.05) is 5.56 Å². The highest BCUT2D eigenvalue weighted by Gasteiger charge is 1.91. The molecule has 1 aromatic carbocycles. The van der Waals surface area contributed by atoms with E-state index in [1.54, 1.807) is 12.5 Å². The largest absolute Gasteiger partial charge is 0.472 e. The first kappa shape index (κ1) is 11.5. The van der Waals surface area contributed by atoms with Gasteiger partial charge in [-0.15, -0.1) is 5.73 Å². The molecule has 0 saturated heterocycles. The Kier molecular flexibility index (Phi) is 4.41. The molecule has 17 heavy (non-hydrogen) atoms. The van der Waals surface area contributed by atoms with Gasteiger partial charge < -0.3 is 9.15 Å². The predicted molar refractivity (Wildman–Crippen MR) is 67.4 cm³/mol. The molecule has 0 spiro atoms. The monoisotopic (exact) mass is 226 g/mol. The van der Waals surface area contributed by atoms with Gasteiger partial charge in [0.15, 0.2) is 0 Å². The van der Waals surface area contributed by atoms with Crippen LogP contribution >= 0.6 is 0 Å². The van der Waals surface area contributed by atoms with Crippen LogP contribution in [0.3, 0.4) is 0 Å². The molecule has 0 aliphatic rings. The number of benzene rings is 1. The molecule has 0 radical (unpaired) electrons. The van der Waals surface area contributed by atoms with Gasteiger partial charge >= 0.3 is 0 Å². The Labute approximate surface area is 101 Å². The minimum atomic E-state index is 0.550. The van der Waals surface area contributed by atoms with Crippen molar-refractivity contribution in [2.45, 2.75) is 6.61 Å². The highest BCUT2D eigenvalue weighted by molar-refractivity contribution is 5.47. The number of hydrogen-bond acceptors (Lipinski definition) is 2. The van der Waals surface area contributed by atoms with E-state index in [4.69, 9.17) is 9.15 Å². The smallest absolute Gasteiger partial charge is 0.0957 e. The van der Waals surface area contributed by atoms with Crippen molar-refractivity contribution in [3.05, 3.63) is 71.9 Å². The Bertz CT molecular complexity index is 477. The topological polar surface area (TPSA) is 22.4 Å². The summed E-state index contributed by atoms with van der Waals surface area (Å²) >= 11 is 0. The Morgan fingerprint density at radius 2 is 2.06 bits per heavy atom. The molecule has 0 unspecified atom stereocenters. The van der Waals surface area contributed by atoms with Gasteiger partial charge in [-0.2, -0.15) is 0 Å². The second-order valence-electron chi connectivity index (χ2n) is 3.57. The van der Waals surface area contributed by atoms with Crippen LogP contribution in [-0.2, 0) is 11.3 Å². The summed E-state index contributed by atoms with van der Waals surface area (Å²) in [7, 11) is 0. The first-order valence-corrected chi connectivity index (χ1v) is 5.50. The summed E-state index contributed by atoms with van der Waals surface area (Å²) in [6, 6.07) is 12.0. The zero-order valence-electron chi connectivity index (χ0n) is 9.50. The predicted octanol–water partition coefficient (Wildman–Crippen LogP) is 3.66. The lowest BCUT2D eigenvalue weighted by Gasteiger charge is -1.95. The third-order valence-electron chi connectivity index (χ3n) is 2.22. The maximum absolute atomic E-state index is 5.42. The molecule has 2 nitrogen and oxygen atoms in total. The zero-order valence-corrected chi connectivity index (χ0v) is 9.50. The Morgan fingerprint density at radius 3 is 2.82 bits per heavy atom. The van der Waals surface area contributed by atoms with E-state index in [2.05, 4.69) is 5.73 Å². The summed E-state index contributed by atoms with van der Waals surface area (Å²) in [4.78, 5) is 0. The van der Waals surface area contributed by atoms with Gasteiger partial charge in [-0.25, -0.2) is 0 Å². The third-order valence-corrected chi connectivity index (χ3v) is 2.22. The van der Waals surface area contributed by atoms with Gasteiger partial charge in [-0.1, -0.05) is 30.3 Å². The quantitative estimate of drug-likeness (QED) is 0.573. The molecule has 0 N–H and O–H groups in total. The molecule has 0 amide bonds. The van der Waals surface area contributed by atoms with E-state index >= 15 is 0 Å². The van der Waals surface area contributed by atoms with Crippen molar-refractivity contribution in [3.8, 4) is 0 Å². The average Bonchev–Trinajstić information content (AvgIpc) is 2.88. The maximum atomic E-state index is 5.42. The minimum Gasteiger partial charge on any atom is -0.472 e. The standard InChI is InChI=1S/C15H14O2/c1-2-6-14(7-3-1)8-4-5-10-16-12-15-9-11-17-13-15/h1-3,5-9,11,13H,10,12H2. The van der Waals surface area contributed by atoms with Crippen LogP contribution in [0.4, 0.5) is 0 Å². The van der Waals surface area contributed by atoms with E-state index in [0.717, 1.165) is 11.1 Å². The normalized spacial score (nSPS) is 9.65. The fourth-order valence-electron chi connectivity index (χ4n) is 1.36. The second-order valence-corrected chi connectivity index (χ2v) is 3.57. The number of rotatable bonds is 5. The van der Waals surface area contributed by atoms with Crippen molar-refractivity contribution >= 4 is 6.08 Å². The fourth-order valence-corrected chi connectivity index (χ4v) is 1.36. The Balaban J connectivity index is 1.73. The van der Waals surface area contributed by atoms with E-state index in [9.17, 15) is 0 Å². The lowest BCUT2D eigenvalue weighted by Crippen LogP contribution is -1.89. The maximum Gasteiger partial charge on any atom is 0.0957 e. The molecule has 1 aromatic heterocycles. The Morgan fingerprint density at radius 1 is 1.18 bits per heavy atom. The first-order valence-electron chi connectivity index (χ1n) is 5.50. The minimum absolute atomic E-state index is 0.550. The molecule has 0 atom stereocenters. The van der Waals surface area contributed by atoms with Crippen LogP contribution in [0.15, 0.2) is 65.1 Å². The second kappa shape index (κ2) is 6.54. The molecule has 0 aliphatic heterocycles. The van der Waals surface area contributed by atoms with Crippen molar-refractivity contribution in [2.24, 2.45) is 0 Å². The van der Waals surface area contributed by atoms with E-state index in [1.807, 2.05) is 48.6 Å². The molecular weight excluding hydrogens is 212 g/mol. The highest BCUT2D eigenvalue weighted by atomic mass is 16.5. The van der Waals surface area contributed by atoms with E-state index in [0.29, 0.717) is 13.2 Å². The molecule has 2 aromatic rings. The number of furan rings is 1. The van der Waals surface area contributed by atoms with Crippen LogP contribution in [0.5, 0.6) is 0 Å². The van der Waals surface area contributed by atoms with Crippen LogP contribution < -0.4 is 0 Å². The van der Waals surface area contributed by atoms with Gasteiger partial charge in [-0.3, -0.25) is 0 Å². The van der Waals surface area contributed by atoms with Gasteiger partial charge in [-0.05, 0) is 23.8 Å². The van der Waals surface area contributed by atoms with Crippen molar-refractivity contribution in [1.29, 1.82) is 0 Å². The average molecular weight is 226 g/mol. The van der Waals surface area contributed by atoms with E-state index < -0.39 is 0 Å². The molecule has 1 heterocycles. The number of ether oxygens (including phenoxy) is 1. The molecule has 0 fully saturated rings. The fraction of sp³-hybridized carbons (Fsp3) is 0.133. The first-order chi connectivity index (χ1) is 8.45.